The number of hydrogen-bond acceptors (Lipinski definition) is 3. The van der Waals surface area contributed by atoms with Crippen molar-refractivity contribution in [2.45, 2.75) is 52.7 Å². The summed E-state index contributed by atoms with van der Waals surface area (Å²) < 4.78 is 0. The van der Waals surface area contributed by atoms with Crippen LogP contribution in [0.3, 0.4) is 0 Å². The highest BCUT2D eigenvalue weighted by molar-refractivity contribution is 5.83. The van der Waals surface area contributed by atoms with Gasteiger partial charge in [0.2, 0.25) is 0 Å². The second-order valence-corrected chi connectivity index (χ2v) is 6.81. The van der Waals surface area contributed by atoms with Crippen LogP contribution in [0.25, 0.3) is 10.9 Å². The number of β-amino-alcohol motifs (C(OH)–C–C–N with tert-alkyl or cyclic N) is 1. The molecule has 0 saturated heterocycles. The molecular weight excluding hydrogens is 260 g/mol. The molecule has 3 nitrogen and oxygen atoms in total. The van der Waals surface area contributed by atoms with Gasteiger partial charge in [0.1, 0.15) is 0 Å². The Morgan fingerprint density at radius 3 is 2.48 bits per heavy atom. The Hall–Kier alpha value is -1.45. The Morgan fingerprint density at radius 1 is 1.14 bits per heavy atom. The number of aliphatic hydroxyl groups excluding tert-OH is 1. The van der Waals surface area contributed by atoms with E-state index >= 15 is 0 Å². The number of para-hydroxylation sites is 1. The Kier molecular flexibility index (Phi) is 4.64. The molecule has 0 spiro atoms. The monoisotopic (exact) mass is 286 g/mol. The van der Waals surface area contributed by atoms with Crippen molar-refractivity contribution < 1.29 is 5.11 Å². The summed E-state index contributed by atoms with van der Waals surface area (Å²) >= 11 is 0. The molecule has 114 valence electrons. The molecule has 1 aromatic heterocycles. The summed E-state index contributed by atoms with van der Waals surface area (Å²) in [6.07, 6.45) is 0.164. The van der Waals surface area contributed by atoms with E-state index in [0.717, 1.165) is 11.2 Å². The van der Waals surface area contributed by atoms with Gasteiger partial charge < -0.3 is 10.4 Å². The lowest BCUT2D eigenvalue weighted by Gasteiger charge is -2.23. The Bertz CT molecular complexity index is 629. The molecule has 0 amide bonds. The minimum Gasteiger partial charge on any atom is -0.391 e. The number of nitrogens with one attached hydrogen (secondary N) is 1. The van der Waals surface area contributed by atoms with Gasteiger partial charge in [-0.25, -0.2) is 0 Å². The zero-order valence-corrected chi connectivity index (χ0v) is 13.7. The molecule has 3 heteroatoms. The number of nitrogens with zero attached hydrogens (tertiary/aromatic N) is 1. The fraction of sp³-hybridized carbons (Fsp3) is 0.500. The maximum absolute atomic E-state index is 10.3. The van der Waals surface area contributed by atoms with Crippen LogP contribution in [0.2, 0.25) is 0 Å². The van der Waals surface area contributed by atoms with Crippen molar-refractivity contribution in [1.82, 2.24) is 10.3 Å². The van der Waals surface area contributed by atoms with Crippen LogP contribution in [0.5, 0.6) is 0 Å². The zero-order valence-electron chi connectivity index (χ0n) is 13.7. The van der Waals surface area contributed by atoms with Crippen molar-refractivity contribution >= 4 is 10.9 Å². The molecule has 0 fully saturated rings. The summed E-state index contributed by atoms with van der Waals surface area (Å²) in [6.45, 7) is 11.1. The van der Waals surface area contributed by atoms with Crippen LogP contribution >= 0.6 is 0 Å². The van der Waals surface area contributed by atoms with Gasteiger partial charge in [-0.2, -0.15) is 0 Å². The van der Waals surface area contributed by atoms with Gasteiger partial charge in [0.05, 0.1) is 11.6 Å². The van der Waals surface area contributed by atoms with E-state index < -0.39 is 6.10 Å². The summed E-state index contributed by atoms with van der Waals surface area (Å²) in [5, 5.41) is 14.8. The van der Waals surface area contributed by atoms with Crippen molar-refractivity contribution in [3.63, 3.8) is 0 Å². The summed E-state index contributed by atoms with van der Waals surface area (Å²) in [5.41, 5.74) is 4.46. The van der Waals surface area contributed by atoms with Gasteiger partial charge in [0.15, 0.2) is 0 Å². The molecule has 0 aliphatic rings. The third kappa shape index (κ3) is 4.02. The third-order valence-corrected chi connectivity index (χ3v) is 3.86. The zero-order chi connectivity index (χ0) is 15.6. The molecule has 0 aliphatic carbocycles. The number of rotatable bonds is 4. The summed E-state index contributed by atoms with van der Waals surface area (Å²) in [7, 11) is 0. The molecule has 2 aromatic rings. The van der Waals surface area contributed by atoms with E-state index in [4.69, 9.17) is 4.98 Å². The Labute approximate surface area is 127 Å². The minimum atomic E-state index is -0.420. The maximum atomic E-state index is 10.3. The first kappa shape index (κ1) is 15.9. The SMILES string of the molecule is Cc1c(C[C@H](O)CNC(C)(C)C)nc2ccccc2c1C. The lowest BCUT2D eigenvalue weighted by atomic mass is 9.99. The van der Waals surface area contributed by atoms with Crippen LogP contribution in [-0.4, -0.2) is 28.3 Å². The molecule has 1 aromatic carbocycles. The highest BCUT2D eigenvalue weighted by Gasteiger charge is 2.15. The molecular formula is C18H26N2O. The second kappa shape index (κ2) is 6.12. The predicted molar refractivity (Wildman–Crippen MR) is 88.7 cm³/mol. The van der Waals surface area contributed by atoms with Crippen molar-refractivity contribution in [3.05, 3.63) is 41.1 Å². The average molecular weight is 286 g/mol. The molecule has 0 bridgehead atoms. The third-order valence-electron chi connectivity index (χ3n) is 3.86. The number of aliphatic hydroxyl groups is 1. The van der Waals surface area contributed by atoms with Crippen LogP contribution in [0.1, 0.15) is 37.6 Å². The number of aromatic nitrogens is 1. The molecule has 21 heavy (non-hydrogen) atoms. The van der Waals surface area contributed by atoms with Crippen LogP contribution in [-0.2, 0) is 6.42 Å². The molecule has 0 radical (unpaired) electrons. The molecule has 0 unspecified atom stereocenters. The van der Waals surface area contributed by atoms with E-state index in [1.54, 1.807) is 0 Å². The highest BCUT2D eigenvalue weighted by Crippen LogP contribution is 2.22. The van der Waals surface area contributed by atoms with E-state index in [0.29, 0.717) is 13.0 Å². The Morgan fingerprint density at radius 2 is 1.81 bits per heavy atom. The number of hydrogen-bond donors (Lipinski definition) is 2. The summed E-state index contributed by atoms with van der Waals surface area (Å²) in [6, 6.07) is 8.18. The van der Waals surface area contributed by atoms with E-state index in [-0.39, 0.29) is 5.54 Å². The molecule has 0 saturated carbocycles. The number of benzene rings is 1. The lowest BCUT2D eigenvalue weighted by Crippen LogP contribution is -2.41. The van der Waals surface area contributed by atoms with Gasteiger partial charge in [-0.15, -0.1) is 0 Å². The fourth-order valence-electron chi connectivity index (χ4n) is 2.45. The average Bonchev–Trinajstić information content (AvgIpc) is 2.41. The van der Waals surface area contributed by atoms with Crippen molar-refractivity contribution in [2.75, 3.05) is 6.54 Å². The molecule has 1 heterocycles. The minimum absolute atomic E-state index is 0.0166. The van der Waals surface area contributed by atoms with Crippen LogP contribution in [0.15, 0.2) is 24.3 Å². The van der Waals surface area contributed by atoms with Gasteiger partial charge in [-0.1, -0.05) is 18.2 Å². The van der Waals surface area contributed by atoms with Crippen molar-refractivity contribution in [3.8, 4) is 0 Å². The van der Waals surface area contributed by atoms with Gasteiger partial charge in [0, 0.05) is 29.6 Å². The quantitative estimate of drug-likeness (QED) is 0.907. The smallest absolute Gasteiger partial charge is 0.0720 e. The molecule has 2 rings (SSSR count). The van der Waals surface area contributed by atoms with Gasteiger partial charge in [-0.3, -0.25) is 4.98 Å². The first-order chi connectivity index (χ1) is 9.78. The first-order valence-corrected chi connectivity index (χ1v) is 7.56. The topological polar surface area (TPSA) is 45.1 Å². The number of aryl methyl sites for hydroxylation is 1. The summed E-state index contributed by atoms with van der Waals surface area (Å²) in [5.74, 6) is 0. The van der Waals surface area contributed by atoms with E-state index in [1.165, 1.54) is 16.5 Å². The van der Waals surface area contributed by atoms with Gasteiger partial charge in [-0.05, 0) is 51.8 Å². The van der Waals surface area contributed by atoms with Crippen molar-refractivity contribution in [2.24, 2.45) is 0 Å². The molecule has 0 aliphatic heterocycles. The van der Waals surface area contributed by atoms with Gasteiger partial charge in [0.25, 0.3) is 0 Å². The van der Waals surface area contributed by atoms with Crippen molar-refractivity contribution in [1.29, 1.82) is 0 Å². The molecule has 1 atom stereocenters. The van der Waals surface area contributed by atoms with Crippen LogP contribution in [0, 0.1) is 13.8 Å². The van der Waals surface area contributed by atoms with E-state index in [2.05, 4.69) is 46.0 Å². The lowest BCUT2D eigenvalue weighted by molar-refractivity contribution is 0.160. The first-order valence-electron chi connectivity index (χ1n) is 7.56. The van der Waals surface area contributed by atoms with E-state index in [1.807, 2.05) is 18.2 Å². The predicted octanol–water partition coefficient (Wildman–Crippen LogP) is 3.14. The molecule has 2 N–H and O–H groups in total. The van der Waals surface area contributed by atoms with Gasteiger partial charge >= 0.3 is 0 Å². The summed E-state index contributed by atoms with van der Waals surface area (Å²) in [4.78, 5) is 4.73. The Balaban J connectivity index is 2.20. The maximum Gasteiger partial charge on any atom is 0.0720 e. The van der Waals surface area contributed by atoms with E-state index in [9.17, 15) is 5.11 Å². The second-order valence-electron chi connectivity index (χ2n) is 6.81. The highest BCUT2D eigenvalue weighted by atomic mass is 16.3. The van der Waals surface area contributed by atoms with Crippen LogP contribution < -0.4 is 5.32 Å². The normalized spacial score (nSPS) is 13.6. The number of fused-ring (bicyclic) bond motifs is 1. The standard InChI is InChI=1S/C18H26N2O/c1-12-13(2)17(10-14(21)11-19-18(3,4)5)20-16-9-7-6-8-15(12)16/h6-9,14,19,21H,10-11H2,1-5H3/t14-/m0/s1. The largest absolute Gasteiger partial charge is 0.391 e. The number of pyridine rings is 1. The fourth-order valence-corrected chi connectivity index (χ4v) is 2.45. The van der Waals surface area contributed by atoms with Crippen LogP contribution in [0.4, 0.5) is 0 Å².